The Morgan fingerprint density at radius 3 is 1.86 bits per heavy atom. The Bertz CT molecular complexity index is 303. The van der Waals surface area contributed by atoms with E-state index in [9.17, 15) is 0 Å². The van der Waals surface area contributed by atoms with E-state index in [0.29, 0.717) is 0 Å². The average Bonchev–Trinajstić information content (AvgIpc) is 2.28. The van der Waals surface area contributed by atoms with Crippen LogP contribution in [0.4, 0.5) is 0 Å². The van der Waals surface area contributed by atoms with Gasteiger partial charge in [0, 0.05) is 0 Å². The van der Waals surface area contributed by atoms with Crippen molar-refractivity contribution in [1.82, 2.24) is 0 Å². The summed E-state index contributed by atoms with van der Waals surface area (Å²) in [7, 11) is -1.67. The van der Waals surface area contributed by atoms with Crippen molar-refractivity contribution in [2.75, 3.05) is 0 Å². The summed E-state index contributed by atoms with van der Waals surface area (Å²) in [5, 5.41) is 0. The molecule has 0 fully saturated rings. The van der Waals surface area contributed by atoms with Crippen molar-refractivity contribution in [2.45, 2.75) is 6.04 Å². The van der Waals surface area contributed by atoms with Gasteiger partial charge in [-0.15, -0.1) is 19.7 Å². The van der Waals surface area contributed by atoms with Crippen molar-refractivity contribution in [2.24, 2.45) is 0 Å². The molecule has 72 valence electrons. The van der Waals surface area contributed by atoms with Crippen molar-refractivity contribution in [1.29, 1.82) is 0 Å². The molecule has 0 unspecified atom stereocenters. The quantitative estimate of drug-likeness (QED) is 0.639. The van der Waals surface area contributed by atoms with Crippen LogP contribution in [0.25, 0.3) is 0 Å². The summed E-state index contributed by atoms with van der Waals surface area (Å²) in [5.41, 5.74) is 7.42. The summed E-state index contributed by atoms with van der Waals surface area (Å²) < 4.78 is 0. The molecule has 0 spiro atoms. The van der Waals surface area contributed by atoms with Crippen molar-refractivity contribution in [3.8, 4) is 0 Å². The fourth-order valence-corrected chi connectivity index (χ4v) is 3.29. The molecule has 0 bridgehead atoms. The SMILES string of the molecule is C=C[Si](C=C)(C=C)Cc1ccccc1. The first kappa shape index (κ1) is 10.7. The molecule has 1 rings (SSSR count). The van der Waals surface area contributed by atoms with Crippen LogP contribution in [0.2, 0.25) is 0 Å². The van der Waals surface area contributed by atoms with Crippen molar-refractivity contribution in [3.05, 3.63) is 72.7 Å². The maximum atomic E-state index is 3.89. The predicted octanol–water partition coefficient (Wildman–Crippen LogP) is 3.39. The van der Waals surface area contributed by atoms with Crippen LogP contribution in [0.1, 0.15) is 5.56 Å². The lowest BCUT2D eigenvalue weighted by atomic mass is 10.2. The van der Waals surface area contributed by atoms with Gasteiger partial charge in [0.1, 0.15) is 8.07 Å². The molecule has 0 aromatic heterocycles. The lowest BCUT2D eigenvalue weighted by Crippen LogP contribution is -2.30. The molecule has 0 aliphatic heterocycles. The van der Waals surface area contributed by atoms with E-state index in [-0.39, 0.29) is 0 Å². The fourth-order valence-electron chi connectivity index (χ4n) is 1.42. The van der Waals surface area contributed by atoms with E-state index in [2.05, 4.69) is 44.0 Å². The highest BCUT2D eigenvalue weighted by atomic mass is 28.3. The zero-order chi connectivity index (χ0) is 10.4. The summed E-state index contributed by atoms with van der Waals surface area (Å²) in [6, 6.07) is 11.4. The molecule has 0 amide bonds. The summed E-state index contributed by atoms with van der Waals surface area (Å²) in [6.45, 7) is 11.7. The first-order valence-corrected chi connectivity index (χ1v) is 7.15. The standard InChI is InChI=1S/C13H16Si/c1-4-14(5-2,6-3)12-13-10-8-7-9-11-13/h4-11H,1-3,12H2. The smallest absolute Gasteiger partial charge is 0.106 e. The van der Waals surface area contributed by atoms with Crippen molar-refractivity contribution >= 4 is 8.07 Å². The van der Waals surface area contributed by atoms with E-state index in [0.717, 1.165) is 6.04 Å². The van der Waals surface area contributed by atoms with Crippen LogP contribution in [-0.4, -0.2) is 8.07 Å². The van der Waals surface area contributed by atoms with Crippen molar-refractivity contribution in [3.63, 3.8) is 0 Å². The highest BCUT2D eigenvalue weighted by molar-refractivity contribution is 6.92. The van der Waals surface area contributed by atoms with Gasteiger partial charge in [-0.05, 0) is 11.6 Å². The van der Waals surface area contributed by atoms with Gasteiger partial charge >= 0.3 is 0 Å². The van der Waals surface area contributed by atoms with E-state index < -0.39 is 8.07 Å². The van der Waals surface area contributed by atoms with Gasteiger partial charge in [-0.1, -0.05) is 47.4 Å². The van der Waals surface area contributed by atoms with Gasteiger partial charge in [0.2, 0.25) is 0 Å². The second-order valence-electron chi connectivity index (χ2n) is 3.39. The summed E-state index contributed by atoms with van der Waals surface area (Å²) in [6.07, 6.45) is 0. The number of hydrogen-bond acceptors (Lipinski definition) is 0. The molecule has 14 heavy (non-hydrogen) atoms. The van der Waals surface area contributed by atoms with E-state index in [4.69, 9.17) is 0 Å². The zero-order valence-corrected chi connectivity index (χ0v) is 9.45. The largest absolute Gasteiger partial charge is 0.128 e. The maximum absolute atomic E-state index is 3.89. The van der Waals surface area contributed by atoms with Crippen LogP contribution in [0.5, 0.6) is 0 Å². The monoisotopic (exact) mass is 200 g/mol. The average molecular weight is 200 g/mol. The molecule has 0 aliphatic carbocycles. The van der Waals surface area contributed by atoms with Gasteiger partial charge in [-0.3, -0.25) is 0 Å². The Hall–Kier alpha value is -1.34. The molecule has 1 heteroatoms. The van der Waals surface area contributed by atoms with Crippen LogP contribution in [0, 0.1) is 0 Å². The third-order valence-electron chi connectivity index (χ3n) is 2.49. The normalized spacial score (nSPS) is 10.6. The molecular formula is C13H16Si. The van der Waals surface area contributed by atoms with E-state index in [1.54, 1.807) is 0 Å². The molecule has 0 nitrogen and oxygen atoms in total. The highest BCUT2D eigenvalue weighted by Gasteiger charge is 2.21. The van der Waals surface area contributed by atoms with Gasteiger partial charge in [0.05, 0.1) is 0 Å². The van der Waals surface area contributed by atoms with E-state index >= 15 is 0 Å². The van der Waals surface area contributed by atoms with Gasteiger partial charge in [0.25, 0.3) is 0 Å². The molecule has 1 aromatic carbocycles. The lowest BCUT2D eigenvalue weighted by molar-refractivity contribution is 1.35. The second-order valence-corrected chi connectivity index (χ2v) is 7.19. The van der Waals surface area contributed by atoms with Gasteiger partial charge in [-0.25, -0.2) is 0 Å². The Morgan fingerprint density at radius 2 is 1.43 bits per heavy atom. The van der Waals surface area contributed by atoms with Crippen LogP contribution in [-0.2, 0) is 6.04 Å². The number of benzene rings is 1. The Morgan fingerprint density at radius 1 is 0.929 bits per heavy atom. The second kappa shape index (κ2) is 4.77. The van der Waals surface area contributed by atoms with Crippen LogP contribution >= 0.6 is 0 Å². The summed E-state index contributed by atoms with van der Waals surface area (Å²) in [4.78, 5) is 0. The lowest BCUT2D eigenvalue weighted by Gasteiger charge is -2.19. The van der Waals surface area contributed by atoms with Crippen molar-refractivity contribution < 1.29 is 0 Å². The molecule has 0 saturated carbocycles. The minimum Gasteiger partial charge on any atom is -0.106 e. The Labute approximate surface area is 87.3 Å². The third kappa shape index (κ3) is 2.33. The summed E-state index contributed by atoms with van der Waals surface area (Å²) >= 11 is 0. The molecule has 0 radical (unpaired) electrons. The molecule has 0 N–H and O–H groups in total. The first-order valence-electron chi connectivity index (χ1n) is 4.71. The van der Waals surface area contributed by atoms with E-state index in [1.165, 1.54) is 5.56 Å². The molecule has 0 aliphatic rings. The molecule has 0 atom stereocenters. The maximum Gasteiger partial charge on any atom is 0.128 e. The predicted molar refractivity (Wildman–Crippen MR) is 66.5 cm³/mol. The fraction of sp³-hybridized carbons (Fsp3) is 0.0769. The molecule has 0 heterocycles. The van der Waals surface area contributed by atoms with E-state index in [1.807, 2.05) is 23.2 Å². The molecule has 0 saturated heterocycles. The molecular weight excluding hydrogens is 184 g/mol. The Balaban J connectivity index is 2.90. The first-order chi connectivity index (χ1) is 6.76. The topological polar surface area (TPSA) is 0 Å². The minimum absolute atomic E-state index is 1.02. The van der Waals surface area contributed by atoms with Crippen LogP contribution < -0.4 is 0 Å². The number of rotatable bonds is 5. The third-order valence-corrected chi connectivity index (χ3v) is 5.79. The van der Waals surface area contributed by atoms with Gasteiger partial charge < -0.3 is 0 Å². The number of hydrogen-bond donors (Lipinski definition) is 0. The summed E-state index contributed by atoms with van der Waals surface area (Å²) in [5.74, 6) is 0. The minimum atomic E-state index is -1.67. The van der Waals surface area contributed by atoms with Gasteiger partial charge in [-0.2, -0.15) is 0 Å². The zero-order valence-electron chi connectivity index (χ0n) is 8.45. The van der Waals surface area contributed by atoms with Gasteiger partial charge in [0.15, 0.2) is 0 Å². The van der Waals surface area contributed by atoms with Crippen LogP contribution in [0.15, 0.2) is 67.2 Å². The molecule has 1 aromatic rings. The Kier molecular flexibility index (Phi) is 3.66. The van der Waals surface area contributed by atoms with Crippen LogP contribution in [0.3, 0.4) is 0 Å². The highest BCUT2D eigenvalue weighted by Crippen LogP contribution is 2.15.